The first-order valence-electron chi connectivity index (χ1n) is 5.06. The number of rotatable bonds is 5. The van der Waals surface area contributed by atoms with Crippen molar-refractivity contribution in [1.29, 1.82) is 0 Å². The summed E-state index contributed by atoms with van der Waals surface area (Å²) in [6.45, 7) is 3.47. The van der Waals surface area contributed by atoms with Gasteiger partial charge < -0.3 is 16.2 Å². The van der Waals surface area contributed by atoms with Gasteiger partial charge in [-0.25, -0.2) is 4.98 Å². The number of aromatic nitrogens is 1. The molecule has 1 amide bonds. The average molecular weight is 237 g/mol. The molecule has 0 aliphatic carbocycles. The van der Waals surface area contributed by atoms with Crippen LogP contribution in [-0.4, -0.2) is 27.5 Å². The standard InChI is InChI=1S/C11H15N3O3/c1-11(2,6-9(15)16)14-8-5-7(10(12)17)3-4-13-8/h3-5H,6H2,1-2H3,(H2,12,17)(H,13,14)(H,15,16). The summed E-state index contributed by atoms with van der Waals surface area (Å²) in [7, 11) is 0. The van der Waals surface area contributed by atoms with Crippen LogP contribution in [0, 0.1) is 0 Å². The number of nitrogens with zero attached hydrogens (tertiary/aromatic N) is 1. The summed E-state index contributed by atoms with van der Waals surface area (Å²) in [4.78, 5) is 25.6. The van der Waals surface area contributed by atoms with E-state index in [1.165, 1.54) is 18.3 Å². The quantitative estimate of drug-likeness (QED) is 0.703. The molecule has 0 spiro atoms. The molecule has 0 aliphatic rings. The number of carbonyl (C=O) groups excluding carboxylic acids is 1. The SMILES string of the molecule is CC(C)(CC(=O)O)Nc1cc(C(N)=O)ccn1. The second-order valence-corrected chi connectivity index (χ2v) is 4.37. The Balaban J connectivity index is 2.84. The number of aliphatic carboxylic acids is 1. The number of carboxylic acid groups (broad SMARTS) is 1. The van der Waals surface area contributed by atoms with E-state index in [4.69, 9.17) is 10.8 Å². The van der Waals surface area contributed by atoms with Crippen molar-refractivity contribution >= 4 is 17.7 Å². The monoisotopic (exact) mass is 237 g/mol. The third-order valence-corrected chi connectivity index (χ3v) is 2.10. The summed E-state index contributed by atoms with van der Waals surface area (Å²) in [5, 5.41) is 11.7. The van der Waals surface area contributed by atoms with Crippen LogP contribution in [0.3, 0.4) is 0 Å². The summed E-state index contributed by atoms with van der Waals surface area (Å²) >= 11 is 0. The molecule has 0 atom stereocenters. The molecule has 0 fully saturated rings. The minimum absolute atomic E-state index is 0.0600. The van der Waals surface area contributed by atoms with Crippen molar-refractivity contribution < 1.29 is 14.7 Å². The molecule has 6 heteroatoms. The summed E-state index contributed by atoms with van der Waals surface area (Å²) in [5.74, 6) is -1.03. The van der Waals surface area contributed by atoms with E-state index in [-0.39, 0.29) is 6.42 Å². The molecule has 6 nitrogen and oxygen atoms in total. The average Bonchev–Trinajstić information content (AvgIpc) is 2.14. The minimum atomic E-state index is -0.909. The van der Waals surface area contributed by atoms with Gasteiger partial charge in [-0.3, -0.25) is 9.59 Å². The number of primary amides is 1. The van der Waals surface area contributed by atoms with E-state index in [2.05, 4.69) is 10.3 Å². The lowest BCUT2D eigenvalue weighted by Gasteiger charge is -2.24. The van der Waals surface area contributed by atoms with E-state index in [1.807, 2.05) is 0 Å². The highest BCUT2D eigenvalue weighted by atomic mass is 16.4. The summed E-state index contributed by atoms with van der Waals surface area (Å²) in [5.41, 5.74) is 4.81. The van der Waals surface area contributed by atoms with Crippen molar-refractivity contribution in [2.24, 2.45) is 5.73 Å². The molecule has 0 bridgehead atoms. The van der Waals surface area contributed by atoms with Gasteiger partial charge >= 0.3 is 5.97 Å². The molecule has 92 valence electrons. The fraction of sp³-hybridized carbons (Fsp3) is 0.364. The van der Waals surface area contributed by atoms with Gasteiger partial charge in [0.15, 0.2) is 0 Å². The Labute approximate surface area is 98.8 Å². The van der Waals surface area contributed by atoms with Gasteiger partial charge in [-0.2, -0.15) is 0 Å². The van der Waals surface area contributed by atoms with Crippen molar-refractivity contribution in [1.82, 2.24) is 4.98 Å². The van der Waals surface area contributed by atoms with Gasteiger partial charge in [-0.1, -0.05) is 0 Å². The summed E-state index contributed by atoms with van der Waals surface area (Å²) < 4.78 is 0. The van der Waals surface area contributed by atoms with Crippen molar-refractivity contribution in [3.05, 3.63) is 23.9 Å². The number of pyridine rings is 1. The highest BCUT2D eigenvalue weighted by Crippen LogP contribution is 2.17. The fourth-order valence-corrected chi connectivity index (χ4v) is 1.42. The van der Waals surface area contributed by atoms with Crippen LogP contribution in [0.5, 0.6) is 0 Å². The van der Waals surface area contributed by atoms with E-state index < -0.39 is 17.4 Å². The predicted octanol–water partition coefficient (Wildman–Crippen LogP) is 0.846. The molecule has 0 radical (unpaired) electrons. The molecule has 0 unspecified atom stereocenters. The smallest absolute Gasteiger partial charge is 0.305 e. The maximum absolute atomic E-state index is 11.0. The van der Waals surface area contributed by atoms with Gasteiger partial charge in [0.05, 0.1) is 6.42 Å². The summed E-state index contributed by atoms with van der Waals surface area (Å²) in [6.07, 6.45) is 1.38. The molecule has 1 aromatic rings. The number of hydrogen-bond acceptors (Lipinski definition) is 4. The molecule has 1 heterocycles. The van der Waals surface area contributed by atoms with Gasteiger partial charge in [0, 0.05) is 17.3 Å². The third kappa shape index (κ3) is 4.10. The number of amides is 1. The Morgan fingerprint density at radius 2 is 2.18 bits per heavy atom. The Hall–Kier alpha value is -2.11. The number of hydrogen-bond donors (Lipinski definition) is 3. The second kappa shape index (κ2) is 4.82. The number of anilines is 1. The first-order chi connectivity index (χ1) is 7.80. The lowest BCUT2D eigenvalue weighted by molar-refractivity contribution is -0.137. The molecule has 0 saturated heterocycles. The maximum Gasteiger partial charge on any atom is 0.305 e. The molecular weight excluding hydrogens is 222 g/mol. The first kappa shape index (κ1) is 13.0. The maximum atomic E-state index is 11.0. The van der Waals surface area contributed by atoms with E-state index in [1.54, 1.807) is 13.8 Å². The van der Waals surface area contributed by atoms with E-state index in [0.29, 0.717) is 11.4 Å². The number of nitrogens with two attached hydrogens (primary N) is 1. The van der Waals surface area contributed by atoms with Crippen LogP contribution < -0.4 is 11.1 Å². The van der Waals surface area contributed by atoms with Crippen molar-refractivity contribution in [2.45, 2.75) is 25.8 Å². The first-order valence-corrected chi connectivity index (χ1v) is 5.06. The lowest BCUT2D eigenvalue weighted by atomic mass is 10.0. The van der Waals surface area contributed by atoms with Crippen LogP contribution in [-0.2, 0) is 4.79 Å². The van der Waals surface area contributed by atoms with Crippen molar-refractivity contribution in [3.8, 4) is 0 Å². The van der Waals surface area contributed by atoms with Crippen LogP contribution in [0.15, 0.2) is 18.3 Å². The van der Waals surface area contributed by atoms with Gasteiger partial charge in [0.2, 0.25) is 5.91 Å². The Morgan fingerprint density at radius 3 is 2.71 bits per heavy atom. The van der Waals surface area contributed by atoms with Gasteiger partial charge in [-0.05, 0) is 26.0 Å². The van der Waals surface area contributed by atoms with E-state index >= 15 is 0 Å². The largest absolute Gasteiger partial charge is 0.481 e. The number of carboxylic acids is 1. The normalized spacial score (nSPS) is 10.9. The minimum Gasteiger partial charge on any atom is -0.481 e. The van der Waals surface area contributed by atoms with Gasteiger partial charge in [0.25, 0.3) is 0 Å². The molecule has 1 rings (SSSR count). The van der Waals surface area contributed by atoms with Crippen LogP contribution in [0.25, 0.3) is 0 Å². The van der Waals surface area contributed by atoms with Crippen LogP contribution >= 0.6 is 0 Å². The lowest BCUT2D eigenvalue weighted by Crippen LogP contribution is -2.34. The van der Waals surface area contributed by atoms with E-state index in [0.717, 1.165) is 0 Å². The van der Waals surface area contributed by atoms with Crippen molar-refractivity contribution in [3.63, 3.8) is 0 Å². The zero-order chi connectivity index (χ0) is 13.1. The van der Waals surface area contributed by atoms with Crippen LogP contribution in [0.4, 0.5) is 5.82 Å². The number of nitrogens with one attached hydrogen (secondary N) is 1. The van der Waals surface area contributed by atoms with Crippen LogP contribution in [0.1, 0.15) is 30.6 Å². The predicted molar refractivity (Wildman–Crippen MR) is 62.7 cm³/mol. The van der Waals surface area contributed by atoms with Crippen LogP contribution in [0.2, 0.25) is 0 Å². The second-order valence-electron chi connectivity index (χ2n) is 4.37. The zero-order valence-electron chi connectivity index (χ0n) is 9.73. The molecule has 0 aliphatic heterocycles. The highest BCUT2D eigenvalue weighted by Gasteiger charge is 2.22. The zero-order valence-corrected chi connectivity index (χ0v) is 9.73. The molecule has 0 aromatic carbocycles. The highest BCUT2D eigenvalue weighted by molar-refractivity contribution is 5.93. The fourth-order valence-electron chi connectivity index (χ4n) is 1.42. The Morgan fingerprint density at radius 1 is 1.53 bits per heavy atom. The molecule has 17 heavy (non-hydrogen) atoms. The topological polar surface area (TPSA) is 105 Å². The molecule has 0 saturated carbocycles. The Bertz CT molecular complexity index is 443. The summed E-state index contributed by atoms with van der Waals surface area (Å²) in [6, 6.07) is 2.99. The Kier molecular flexibility index (Phi) is 3.67. The molecule has 1 aromatic heterocycles. The molecular formula is C11H15N3O3. The molecule has 4 N–H and O–H groups in total. The third-order valence-electron chi connectivity index (χ3n) is 2.10. The number of carbonyl (C=O) groups is 2. The van der Waals surface area contributed by atoms with Gasteiger partial charge in [0.1, 0.15) is 5.82 Å². The van der Waals surface area contributed by atoms with E-state index in [9.17, 15) is 9.59 Å². The van der Waals surface area contributed by atoms with Gasteiger partial charge in [-0.15, -0.1) is 0 Å². The van der Waals surface area contributed by atoms with Crippen molar-refractivity contribution in [2.75, 3.05) is 5.32 Å².